The Morgan fingerprint density at radius 2 is 1.75 bits per heavy atom. The second kappa shape index (κ2) is 6.57. The average molecular weight is 276 g/mol. The minimum atomic E-state index is -0.572. The third-order valence-corrected chi connectivity index (χ3v) is 3.19. The van der Waals surface area contributed by atoms with Crippen molar-refractivity contribution in [2.45, 2.75) is 32.2 Å². The van der Waals surface area contributed by atoms with Crippen LogP contribution in [0.5, 0.6) is 0 Å². The van der Waals surface area contributed by atoms with Crippen molar-refractivity contribution in [2.24, 2.45) is 5.73 Å². The monoisotopic (exact) mass is 276 g/mol. The van der Waals surface area contributed by atoms with E-state index in [2.05, 4.69) is 11.9 Å². The van der Waals surface area contributed by atoms with Gasteiger partial charge in [0.25, 0.3) is 0 Å². The van der Waals surface area contributed by atoms with Crippen molar-refractivity contribution in [1.82, 2.24) is 4.98 Å². The summed E-state index contributed by atoms with van der Waals surface area (Å²) in [5.41, 5.74) is 8.66. The number of rotatable bonds is 5. The van der Waals surface area contributed by atoms with Crippen LogP contribution in [-0.4, -0.2) is 11.0 Å². The van der Waals surface area contributed by atoms with Gasteiger partial charge in [-0.1, -0.05) is 13.0 Å². The van der Waals surface area contributed by atoms with Crippen LogP contribution in [0, 0.1) is 11.6 Å². The summed E-state index contributed by atoms with van der Waals surface area (Å²) in [6.07, 6.45) is 3.79. The highest BCUT2D eigenvalue weighted by atomic mass is 19.1. The first-order chi connectivity index (χ1) is 9.56. The predicted octanol–water partition coefficient (Wildman–Crippen LogP) is 3.03. The van der Waals surface area contributed by atoms with Crippen LogP contribution in [0.4, 0.5) is 8.78 Å². The first kappa shape index (κ1) is 14.6. The molecule has 0 aliphatic carbocycles. The number of hydrogen-bond donors (Lipinski definition) is 1. The fraction of sp³-hybridized carbons (Fsp3) is 0.312. The van der Waals surface area contributed by atoms with E-state index >= 15 is 0 Å². The van der Waals surface area contributed by atoms with Crippen LogP contribution in [0.25, 0.3) is 0 Å². The molecule has 2 N–H and O–H groups in total. The summed E-state index contributed by atoms with van der Waals surface area (Å²) in [6.45, 7) is 2.07. The van der Waals surface area contributed by atoms with E-state index in [1.54, 1.807) is 0 Å². The van der Waals surface area contributed by atoms with Gasteiger partial charge < -0.3 is 5.73 Å². The maximum Gasteiger partial charge on any atom is 0.126 e. The quantitative estimate of drug-likeness (QED) is 0.911. The molecule has 4 heteroatoms. The Hall–Kier alpha value is -1.81. The Kier molecular flexibility index (Phi) is 4.79. The fourth-order valence-electron chi connectivity index (χ4n) is 2.16. The van der Waals surface area contributed by atoms with E-state index in [0.717, 1.165) is 18.2 Å². The Bertz CT molecular complexity index is 547. The van der Waals surface area contributed by atoms with Crippen molar-refractivity contribution >= 4 is 0 Å². The van der Waals surface area contributed by atoms with Crippen LogP contribution < -0.4 is 5.73 Å². The van der Waals surface area contributed by atoms with Crippen LogP contribution in [0.15, 0.2) is 36.5 Å². The number of nitrogens with zero attached hydrogens (tertiary/aromatic N) is 1. The van der Waals surface area contributed by atoms with E-state index in [-0.39, 0.29) is 6.04 Å². The first-order valence-corrected chi connectivity index (χ1v) is 6.71. The number of aryl methyl sites for hydroxylation is 1. The van der Waals surface area contributed by atoms with Gasteiger partial charge in [-0.2, -0.15) is 0 Å². The molecule has 1 heterocycles. The summed E-state index contributed by atoms with van der Waals surface area (Å²) >= 11 is 0. The van der Waals surface area contributed by atoms with Crippen molar-refractivity contribution in [3.63, 3.8) is 0 Å². The maximum absolute atomic E-state index is 13.1. The molecule has 1 aromatic heterocycles. The lowest BCUT2D eigenvalue weighted by molar-refractivity contribution is 0.574. The minimum Gasteiger partial charge on any atom is -0.327 e. The summed E-state index contributed by atoms with van der Waals surface area (Å²) in [6, 6.07) is 7.26. The second-order valence-electron chi connectivity index (χ2n) is 4.96. The van der Waals surface area contributed by atoms with E-state index in [1.807, 2.05) is 18.3 Å². The van der Waals surface area contributed by atoms with Gasteiger partial charge in [-0.3, -0.25) is 4.98 Å². The lowest BCUT2D eigenvalue weighted by Crippen LogP contribution is -2.26. The zero-order valence-electron chi connectivity index (χ0n) is 11.4. The summed E-state index contributed by atoms with van der Waals surface area (Å²) < 4.78 is 26.2. The van der Waals surface area contributed by atoms with Crippen molar-refractivity contribution < 1.29 is 8.78 Å². The van der Waals surface area contributed by atoms with Gasteiger partial charge in [0.05, 0.1) is 0 Å². The first-order valence-electron chi connectivity index (χ1n) is 6.71. The molecule has 0 radical (unpaired) electrons. The smallest absolute Gasteiger partial charge is 0.126 e. The minimum absolute atomic E-state index is 0.212. The molecule has 0 fully saturated rings. The largest absolute Gasteiger partial charge is 0.327 e. The van der Waals surface area contributed by atoms with Crippen molar-refractivity contribution in [2.75, 3.05) is 0 Å². The van der Waals surface area contributed by atoms with Gasteiger partial charge >= 0.3 is 0 Å². The molecule has 0 aliphatic rings. The molecule has 1 unspecified atom stereocenters. The number of hydrogen-bond acceptors (Lipinski definition) is 2. The van der Waals surface area contributed by atoms with Crippen LogP contribution in [0.3, 0.4) is 0 Å². The molecule has 2 rings (SSSR count). The molecule has 2 nitrogen and oxygen atoms in total. The highest BCUT2D eigenvalue weighted by molar-refractivity contribution is 5.20. The van der Waals surface area contributed by atoms with Crippen LogP contribution in [0.1, 0.15) is 23.7 Å². The van der Waals surface area contributed by atoms with Gasteiger partial charge in [0.2, 0.25) is 0 Å². The second-order valence-corrected chi connectivity index (χ2v) is 4.96. The molecule has 0 saturated carbocycles. The molecule has 0 spiro atoms. The fourth-order valence-corrected chi connectivity index (χ4v) is 2.16. The van der Waals surface area contributed by atoms with Gasteiger partial charge in [-0.05, 0) is 42.2 Å². The van der Waals surface area contributed by atoms with Gasteiger partial charge in [-0.25, -0.2) is 8.78 Å². The van der Waals surface area contributed by atoms with Gasteiger partial charge in [0.1, 0.15) is 11.6 Å². The molecular formula is C16H18F2N2. The Balaban J connectivity index is 1.98. The molecule has 2 aromatic rings. The Labute approximate surface area is 117 Å². The summed E-state index contributed by atoms with van der Waals surface area (Å²) in [5.74, 6) is -1.14. The third kappa shape index (κ3) is 4.10. The molecular weight excluding hydrogens is 258 g/mol. The number of benzene rings is 1. The highest BCUT2D eigenvalue weighted by Crippen LogP contribution is 2.11. The number of pyridine rings is 1. The van der Waals surface area contributed by atoms with E-state index in [1.165, 1.54) is 17.7 Å². The Morgan fingerprint density at radius 1 is 1.05 bits per heavy atom. The van der Waals surface area contributed by atoms with E-state index < -0.39 is 11.6 Å². The molecule has 106 valence electrons. The summed E-state index contributed by atoms with van der Waals surface area (Å²) in [7, 11) is 0. The standard InChI is InChI=1S/C16H18F2N2/c1-2-11-3-4-16(20-10-11)9-15(19)7-12-5-13(17)8-14(18)6-12/h3-6,8,10,15H,2,7,9,19H2,1H3. The molecule has 0 amide bonds. The highest BCUT2D eigenvalue weighted by Gasteiger charge is 2.09. The molecule has 0 aliphatic heterocycles. The van der Waals surface area contributed by atoms with Gasteiger partial charge in [0, 0.05) is 30.4 Å². The van der Waals surface area contributed by atoms with Crippen LogP contribution >= 0.6 is 0 Å². The topological polar surface area (TPSA) is 38.9 Å². The van der Waals surface area contributed by atoms with Crippen molar-refractivity contribution in [3.05, 3.63) is 65.0 Å². The number of aromatic nitrogens is 1. The summed E-state index contributed by atoms with van der Waals surface area (Å²) in [5, 5.41) is 0. The van der Waals surface area contributed by atoms with Crippen LogP contribution in [-0.2, 0) is 19.3 Å². The predicted molar refractivity (Wildman–Crippen MR) is 75.4 cm³/mol. The zero-order chi connectivity index (χ0) is 14.5. The molecule has 0 saturated heterocycles. The van der Waals surface area contributed by atoms with Crippen molar-refractivity contribution in [1.29, 1.82) is 0 Å². The number of nitrogens with two attached hydrogens (primary N) is 1. The normalized spacial score (nSPS) is 12.4. The molecule has 20 heavy (non-hydrogen) atoms. The third-order valence-electron chi connectivity index (χ3n) is 3.19. The molecule has 0 bridgehead atoms. The van der Waals surface area contributed by atoms with Gasteiger partial charge in [0.15, 0.2) is 0 Å². The van der Waals surface area contributed by atoms with Gasteiger partial charge in [-0.15, -0.1) is 0 Å². The molecule has 1 aromatic carbocycles. The lowest BCUT2D eigenvalue weighted by atomic mass is 10.0. The molecule has 1 atom stereocenters. The van der Waals surface area contributed by atoms with E-state index in [9.17, 15) is 8.78 Å². The Morgan fingerprint density at radius 3 is 2.30 bits per heavy atom. The van der Waals surface area contributed by atoms with Crippen molar-refractivity contribution in [3.8, 4) is 0 Å². The summed E-state index contributed by atoms with van der Waals surface area (Å²) in [4.78, 5) is 4.34. The average Bonchev–Trinajstić information content (AvgIpc) is 2.38. The lowest BCUT2D eigenvalue weighted by Gasteiger charge is -2.11. The SMILES string of the molecule is CCc1ccc(CC(N)Cc2cc(F)cc(F)c2)nc1. The van der Waals surface area contributed by atoms with Crippen LogP contribution in [0.2, 0.25) is 0 Å². The van der Waals surface area contributed by atoms with E-state index in [0.29, 0.717) is 18.4 Å². The number of halogens is 2. The zero-order valence-corrected chi connectivity index (χ0v) is 11.4. The maximum atomic E-state index is 13.1. The van der Waals surface area contributed by atoms with E-state index in [4.69, 9.17) is 5.73 Å².